The zero-order valence-electron chi connectivity index (χ0n) is 13.8. The van der Waals surface area contributed by atoms with Crippen LogP contribution in [0.2, 0.25) is 10.0 Å². The Kier molecular flexibility index (Phi) is 7.35. The van der Waals surface area contributed by atoms with Gasteiger partial charge in [-0.3, -0.25) is 4.79 Å². The number of urea groups is 1. The van der Waals surface area contributed by atoms with Crippen molar-refractivity contribution < 1.29 is 19.8 Å². The number of aliphatic hydroxyl groups is 1. The lowest BCUT2D eigenvalue weighted by Gasteiger charge is -2.30. The van der Waals surface area contributed by atoms with Gasteiger partial charge in [0.2, 0.25) is 0 Å². The summed E-state index contributed by atoms with van der Waals surface area (Å²) in [4.78, 5) is 25.0. The molecule has 0 spiro atoms. The van der Waals surface area contributed by atoms with E-state index < -0.39 is 5.97 Å². The Labute approximate surface area is 156 Å². The van der Waals surface area contributed by atoms with Gasteiger partial charge in [-0.25, -0.2) is 4.79 Å². The molecule has 2 rings (SSSR count). The minimum atomic E-state index is -0.772. The molecule has 1 aromatic carbocycles. The number of nitrogens with one attached hydrogen (secondary N) is 1. The van der Waals surface area contributed by atoms with Crippen molar-refractivity contribution in [1.82, 2.24) is 10.2 Å². The number of aliphatic carboxylic acids is 1. The van der Waals surface area contributed by atoms with Crippen LogP contribution < -0.4 is 5.32 Å². The number of hydrogen-bond acceptors (Lipinski definition) is 3. The largest absolute Gasteiger partial charge is 0.481 e. The van der Waals surface area contributed by atoms with Crippen LogP contribution in [0.1, 0.15) is 31.2 Å². The summed E-state index contributed by atoms with van der Waals surface area (Å²) in [7, 11) is 0. The van der Waals surface area contributed by atoms with Gasteiger partial charge in [-0.2, -0.15) is 0 Å². The second-order valence-corrected chi connectivity index (χ2v) is 7.04. The maximum absolute atomic E-state index is 12.5. The molecule has 2 amide bonds. The van der Waals surface area contributed by atoms with Gasteiger partial charge >= 0.3 is 12.0 Å². The van der Waals surface area contributed by atoms with Crippen LogP contribution in [0.25, 0.3) is 0 Å². The van der Waals surface area contributed by atoms with Crippen LogP contribution in [0.3, 0.4) is 0 Å². The molecule has 0 heterocycles. The van der Waals surface area contributed by atoms with Crippen molar-refractivity contribution in [3.05, 3.63) is 33.8 Å². The van der Waals surface area contributed by atoms with Crippen molar-refractivity contribution in [1.29, 1.82) is 0 Å². The highest BCUT2D eigenvalue weighted by molar-refractivity contribution is 6.42. The molecule has 1 saturated carbocycles. The van der Waals surface area contributed by atoms with E-state index in [1.165, 1.54) is 4.90 Å². The van der Waals surface area contributed by atoms with Gasteiger partial charge < -0.3 is 20.4 Å². The Bertz CT molecular complexity index is 619. The van der Waals surface area contributed by atoms with Crippen LogP contribution in [-0.2, 0) is 11.3 Å². The first-order valence-electron chi connectivity index (χ1n) is 8.23. The SMILES string of the molecule is O=C(O)C1CCC(NC(=O)N(CCO)Cc2ccc(Cl)c(Cl)c2)CC1. The van der Waals surface area contributed by atoms with Crippen LogP contribution in [0.4, 0.5) is 4.79 Å². The maximum Gasteiger partial charge on any atom is 0.317 e. The van der Waals surface area contributed by atoms with Crippen LogP contribution in [-0.4, -0.2) is 46.3 Å². The van der Waals surface area contributed by atoms with Crippen molar-refractivity contribution in [3.63, 3.8) is 0 Å². The number of halogens is 2. The Morgan fingerprint density at radius 2 is 1.84 bits per heavy atom. The average molecular weight is 389 g/mol. The molecule has 0 saturated heterocycles. The van der Waals surface area contributed by atoms with Gasteiger partial charge in [0.25, 0.3) is 0 Å². The Hall–Kier alpha value is -1.50. The molecule has 1 aromatic rings. The molecule has 6 nitrogen and oxygen atoms in total. The fraction of sp³-hybridized carbons (Fsp3) is 0.529. The van der Waals surface area contributed by atoms with Crippen molar-refractivity contribution >= 4 is 35.2 Å². The smallest absolute Gasteiger partial charge is 0.317 e. The average Bonchev–Trinajstić information content (AvgIpc) is 2.58. The molecule has 0 unspecified atom stereocenters. The van der Waals surface area contributed by atoms with E-state index in [0.717, 1.165) is 5.56 Å². The van der Waals surface area contributed by atoms with Gasteiger partial charge in [-0.05, 0) is 43.4 Å². The first-order chi connectivity index (χ1) is 11.9. The van der Waals surface area contributed by atoms with Gasteiger partial charge in [0.15, 0.2) is 0 Å². The number of rotatable bonds is 6. The molecule has 0 aromatic heterocycles. The number of carboxylic acids is 1. The van der Waals surface area contributed by atoms with E-state index >= 15 is 0 Å². The number of amides is 2. The van der Waals surface area contributed by atoms with Crippen molar-refractivity contribution in [2.45, 2.75) is 38.3 Å². The predicted octanol–water partition coefficient (Wildman–Crippen LogP) is 3.14. The molecule has 0 atom stereocenters. The zero-order chi connectivity index (χ0) is 18.4. The molecular weight excluding hydrogens is 367 g/mol. The normalized spacial score (nSPS) is 20.1. The fourth-order valence-corrected chi connectivity index (χ4v) is 3.30. The molecule has 0 radical (unpaired) electrons. The van der Waals surface area contributed by atoms with Gasteiger partial charge in [-0.1, -0.05) is 29.3 Å². The third-order valence-corrected chi connectivity index (χ3v) is 5.16. The summed E-state index contributed by atoms with van der Waals surface area (Å²) >= 11 is 11.9. The fourth-order valence-electron chi connectivity index (χ4n) is 2.98. The lowest BCUT2D eigenvalue weighted by atomic mass is 9.86. The van der Waals surface area contributed by atoms with Gasteiger partial charge in [-0.15, -0.1) is 0 Å². The molecule has 8 heteroatoms. The molecule has 3 N–H and O–H groups in total. The first kappa shape index (κ1) is 19.8. The summed E-state index contributed by atoms with van der Waals surface area (Å²) in [5.74, 6) is -1.09. The Morgan fingerprint density at radius 1 is 1.16 bits per heavy atom. The van der Waals surface area contributed by atoms with E-state index in [1.807, 2.05) is 0 Å². The highest BCUT2D eigenvalue weighted by atomic mass is 35.5. The lowest BCUT2D eigenvalue weighted by Crippen LogP contribution is -2.46. The third kappa shape index (κ3) is 5.76. The van der Waals surface area contributed by atoms with Crippen LogP contribution >= 0.6 is 23.2 Å². The van der Waals surface area contributed by atoms with Crippen molar-refractivity contribution in [2.75, 3.05) is 13.2 Å². The number of carboxylic acid groups (broad SMARTS) is 1. The van der Waals surface area contributed by atoms with E-state index in [4.69, 9.17) is 28.3 Å². The van der Waals surface area contributed by atoms with Gasteiger partial charge in [0, 0.05) is 19.1 Å². The van der Waals surface area contributed by atoms with Crippen molar-refractivity contribution in [2.24, 2.45) is 5.92 Å². The van der Waals surface area contributed by atoms with E-state index in [9.17, 15) is 14.7 Å². The molecule has 1 aliphatic carbocycles. The second kappa shape index (κ2) is 9.27. The number of aliphatic hydroxyl groups excluding tert-OH is 1. The van der Waals surface area contributed by atoms with E-state index in [1.54, 1.807) is 18.2 Å². The van der Waals surface area contributed by atoms with Crippen LogP contribution in [0.15, 0.2) is 18.2 Å². The lowest BCUT2D eigenvalue weighted by molar-refractivity contribution is -0.142. The van der Waals surface area contributed by atoms with Crippen molar-refractivity contribution in [3.8, 4) is 0 Å². The molecule has 1 fully saturated rings. The summed E-state index contributed by atoms with van der Waals surface area (Å²) in [6.07, 6.45) is 2.41. The first-order valence-corrected chi connectivity index (χ1v) is 8.99. The molecule has 0 aliphatic heterocycles. The van der Waals surface area contributed by atoms with Crippen LogP contribution in [0, 0.1) is 5.92 Å². The van der Waals surface area contributed by atoms with Gasteiger partial charge in [0.1, 0.15) is 0 Å². The molecule has 25 heavy (non-hydrogen) atoms. The number of carbonyl (C=O) groups is 2. The molecule has 138 valence electrons. The Morgan fingerprint density at radius 3 is 2.40 bits per heavy atom. The zero-order valence-corrected chi connectivity index (χ0v) is 15.3. The number of nitrogens with zero attached hydrogens (tertiary/aromatic N) is 1. The van der Waals surface area contributed by atoms with Crippen LogP contribution in [0.5, 0.6) is 0 Å². The van der Waals surface area contributed by atoms with Gasteiger partial charge in [0.05, 0.1) is 22.6 Å². The summed E-state index contributed by atoms with van der Waals surface area (Å²) in [6.45, 7) is 0.338. The van der Waals surface area contributed by atoms with E-state index in [2.05, 4.69) is 5.32 Å². The Balaban J connectivity index is 1.93. The number of benzene rings is 1. The summed E-state index contributed by atoms with van der Waals surface area (Å²) in [5, 5.41) is 22.0. The van der Waals surface area contributed by atoms with E-state index in [0.29, 0.717) is 42.3 Å². The third-order valence-electron chi connectivity index (χ3n) is 4.42. The second-order valence-electron chi connectivity index (χ2n) is 6.23. The van der Waals surface area contributed by atoms with E-state index in [-0.39, 0.29) is 31.1 Å². The quantitative estimate of drug-likeness (QED) is 0.697. The maximum atomic E-state index is 12.5. The molecular formula is C17H22Cl2N2O4. The monoisotopic (exact) mass is 388 g/mol. The molecule has 0 bridgehead atoms. The minimum absolute atomic E-state index is 0.0434. The summed E-state index contributed by atoms with van der Waals surface area (Å²) in [6, 6.07) is 4.82. The molecule has 1 aliphatic rings. The highest BCUT2D eigenvalue weighted by Gasteiger charge is 2.27. The summed E-state index contributed by atoms with van der Waals surface area (Å²) < 4.78 is 0. The standard InChI is InChI=1S/C17H22Cl2N2O4/c18-14-6-1-11(9-15(14)19)10-21(7-8-22)17(25)20-13-4-2-12(3-5-13)16(23)24/h1,6,9,12-13,22H,2-5,7-8,10H2,(H,20,25)(H,23,24). The minimum Gasteiger partial charge on any atom is -0.481 e. The number of hydrogen-bond donors (Lipinski definition) is 3. The number of carbonyl (C=O) groups excluding carboxylic acids is 1. The predicted molar refractivity (Wildman–Crippen MR) is 95.9 cm³/mol. The topological polar surface area (TPSA) is 89.9 Å². The highest BCUT2D eigenvalue weighted by Crippen LogP contribution is 2.25. The summed E-state index contributed by atoms with van der Waals surface area (Å²) in [5.41, 5.74) is 0.813.